The van der Waals surface area contributed by atoms with Crippen molar-refractivity contribution >= 4 is 28.6 Å². The lowest BCUT2D eigenvalue weighted by Crippen LogP contribution is -2.35. The van der Waals surface area contributed by atoms with Crippen LogP contribution in [0.15, 0.2) is 36.5 Å². The Bertz CT molecular complexity index is 916. The van der Waals surface area contributed by atoms with Crippen molar-refractivity contribution in [3.8, 4) is 5.75 Å². The molecule has 2 atom stereocenters. The van der Waals surface area contributed by atoms with Crippen LogP contribution in [0.2, 0.25) is 0 Å². The van der Waals surface area contributed by atoms with Gasteiger partial charge in [0.25, 0.3) is 0 Å². The van der Waals surface area contributed by atoms with Crippen molar-refractivity contribution < 1.29 is 19.1 Å². The van der Waals surface area contributed by atoms with Crippen LogP contribution in [0.1, 0.15) is 38.5 Å². The van der Waals surface area contributed by atoms with E-state index in [0.29, 0.717) is 19.6 Å². The number of likely N-dealkylation sites (tertiary alicyclic amines) is 1. The van der Waals surface area contributed by atoms with Gasteiger partial charge in [-0.25, -0.2) is 0 Å². The third-order valence-corrected chi connectivity index (χ3v) is 5.99. The van der Waals surface area contributed by atoms with Gasteiger partial charge in [-0.1, -0.05) is 31.0 Å². The van der Waals surface area contributed by atoms with Gasteiger partial charge in [0.15, 0.2) is 0 Å². The van der Waals surface area contributed by atoms with Crippen LogP contribution in [-0.4, -0.2) is 47.3 Å². The molecule has 2 heterocycles. The standard InChI is InChI=1S/C23H27N3O4/c27-20(11-14-26-22(28)17-8-1-2-9-18(17)23(26)29)24-13-5-15-30-19-10-3-6-16-7-4-12-25-21(16)19/h3-4,6-7,10,12,17-18H,1-2,5,8-9,11,13-15H2,(H,24,27). The van der Waals surface area contributed by atoms with Gasteiger partial charge in [-0.05, 0) is 31.4 Å². The van der Waals surface area contributed by atoms with E-state index in [1.54, 1.807) is 6.20 Å². The van der Waals surface area contributed by atoms with E-state index in [0.717, 1.165) is 42.3 Å². The first-order chi connectivity index (χ1) is 14.6. The maximum absolute atomic E-state index is 12.4. The number of amides is 3. The summed E-state index contributed by atoms with van der Waals surface area (Å²) in [6.07, 6.45) is 6.14. The zero-order chi connectivity index (χ0) is 20.9. The fourth-order valence-electron chi connectivity index (χ4n) is 4.43. The summed E-state index contributed by atoms with van der Waals surface area (Å²) in [4.78, 5) is 42.7. The molecule has 2 aromatic rings. The Morgan fingerprint density at radius 3 is 2.60 bits per heavy atom. The van der Waals surface area contributed by atoms with E-state index in [2.05, 4.69) is 10.3 Å². The predicted molar refractivity (Wildman–Crippen MR) is 112 cm³/mol. The molecule has 1 saturated carbocycles. The third kappa shape index (κ3) is 4.30. The Balaban J connectivity index is 1.17. The second-order valence-corrected chi connectivity index (χ2v) is 7.96. The van der Waals surface area contributed by atoms with Gasteiger partial charge in [0.05, 0.1) is 18.4 Å². The number of imide groups is 1. The first-order valence-corrected chi connectivity index (χ1v) is 10.7. The largest absolute Gasteiger partial charge is 0.491 e. The number of benzene rings is 1. The van der Waals surface area contributed by atoms with Crippen LogP contribution >= 0.6 is 0 Å². The van der Waals surface area contributed by atoms with E-state index in [-0.39, 0.29) is 42.5 Å². The Morgan fingerprint density at radius 1 is 1.10 bits per heavy atom. The molecular formula is C23H27N3O4. The third-order valence-electron chi connectivity index (χ3n) is 5.99. The van der Waals surface area contributed by atoms with Crippen molar-refractivity contribution in [1.82, 2.24) is 15.2 Å². The van der Waals surface area contributed by atoms with E-state index < -0.39 is 0 Å². The van der Waals surface area contributed by atoms with Crippen molar-refractivity contribution in [3.05, 3.63) is 36.5 Å². The van der Waals surface area contributed by atoms with Gasteiger partial charge < -0.3 is 10.1 Å². The number of nitrogens with one attached hydrogen (secondary N) is 1. The number of para-hydroxylation sites is 1. The number of carbonyl (C=O) groups excluding carboxylic acids is 3. The number of ether oxygens (including phenoxy) is 1. The molecule has 7 nitrogen and oxygen atoms in total. The maximum atomic E-state index is 12.4. The summed E-state index contributed by atoms with van der Waals surface area (Å²) in [5.41, 5.74) is 0.824. The highest BCUT2D eigenvalue weighted by Crippen LogP contribution is 2.37. The van der Waals surface area contributed by atoms with Crippen LogP contribution in [0.4, 0.5) is 0 Å². The van der Waals surface area contributed by atoms with Gasteiger partial charge in [0, 0.05) is 31.1 Å². The number of nitrogens with zero attached hydrogens (tertiary/aromatic N) is 2. The van der Waals surface area contributed by atoms with E-state index >= 15 is 0 Å². The van der Waals surface area contributed by atoms with Crippen molar-refractivity contribution in [2.24, 2.45) is 11.8 Å². The molecule has 1 aliphatic carbocycles. The molecule has 158 valence electrons. The van der Waals surface area contributed by atoms with E-state index in [1.807, 2.05) is 30.3 Å². The molecule has 1 aromatic heterocycles. The molecular weight excluding hydrogens is 382 g/mol. The minimum Gasteiger partial charge on any atom is -0.491 e. The fourth-order valence-corrected chi connectivity index (χ4v) is 4.43. The van der Waals surface area contributed by atoms with Crippen molar-refractivity contribution in [1.29, 1.82) is 0 Å². The summed E-state index contributed by atoms with van der Waals surface area (Å²) in [7, 11) is 0. The van der Waals surface area contributed by atoms with Gasteiger partial charge in [-0.2, -0.15) is 0 Å². The molecule has 1 N–H and O–H groups in total. The van der Waals surface area contributed by atoms with Crippen molar-refractivity contribution in [2.75, 3.05) is 19.7 Å². The number of aromatic nitrogens is 1. The molecule has 7 heteroatoms. The second-order valence-electron chi connectivity index (χ2n) is 7.96. The summed E-state index contributed by atoms with van der Waals surface area (Å²) in [6.45, 7) is 1.11. The van der Waals surface area contributed by atoms with Gasteiger partial charge in [-0.15, -0.1) is 0 Å². The normalized spacial score (nSPS) is 21.0. The molecule has 2 unspecified atom stereocenters. The van der Waals surface area contributed by atoms with Gasteiger partial charge in [0.2, 0.25) is 17.7 Å². The fraction of sp³-hybridized carbons (Fsp3) is 0.478. The van der Waals surface area contributed by atoms with Crippen LogP contribution in [0.3, 0.4) is 0 Å². The highest BCUT2D eigenvalue weighted by atomic mass is 16.5. The molecule has 1 aromatic carbocycles. The Labute approximate surface area is 175 Å². The van der Waals surface area contributed by atoms with Crippen molar-refractivity contribution in [3.63, 3.8) is 0 Å². The van der Waals surface area contributed by atoms with Gasteiger partial charge in [-0.3, -0.25) is 24.3 Å². The molecule has 0 radical (unpaired) electrons. The van der Waals surface area contributed by atoms with E-state index in [1.165, 1.54) is 4.90 Å². The Hall–Kier alpha value is -2.96. The monoisotopic (exact) mass is 409 g/mol. The molecule has 1 aliphatic heterocycles. The highest BCUT2D eigenvalue weighted by molar-refractivity contribution is 6.05. The highest BCUT2D eigenvalue weighted by Gasteiger charge is 2.47. The lowest BCUT2D eigenvalue weighted by Gasteiger charge is -2.19. The summed E-state index contributed by atoms with van der Waals surface area (Å²) >= 11 is 0. The number of rotatable bonds is 8. The molecule has 0 bridgehead atoms. The number of carbonyl (C=O) groups is 3. The smallest absolute Gasteiger partial charge is 0.233 e. The number of hydrogen-bond acceptors (Lipinski definition) is 5. The molecule has 0 spiro atoms. The molecule has 1 saturated heterocycles. The minimum absolute atomic E-state index is 0.0883. The van der Waals surface area contributed by atoms with Crippen LogP contribution in [0.5, 0.6) is 5.75 Å². The maximum Gasteiger partial charge on any atom is 0.233 e. The molecule has 2 fully saturated rings. The Morgan fingerprint density at radius 2 is 1.83 bits per heavy atom. The molecule has 4 rings (SSSR count). The van der Waals surface area contributed by atoms with Gasteiger partial charge >= 0.3 is 0 Å². The summed E-state index contributed by atoms with van der Waals surface area (Å²) in [6, 6.07) is 9.67. The zero-order valence-corrected chi connectivity index (χ0v) is 17.0. The summed E-state index contributed by atoms with van der Waals surface area (Å²) in [5.74, 6) is 0.0819. The minimum atomic E-state index is -0.157. The Kier molecular flexibility index (Phi) is 6.26. The van der Waals surface area contributed by atoms with Crippen LogP contribution in [0, 0.1) is 11.8 Å². The molecule has 2 aliphatic rings. The number of fused-ring (bicyclic) bond motifs is 2. The first-order valence-electron chi connectivity index (χ1n) is 10.7. The predicted octanol–water partition coefficient (Wildman–Crippen LogP) is 2.69. The van der Waals surface area contributed by atoms with Crippen molar-refractivity contribution in [2.45, 2.75) is 38.5 Å². The van der Waals surface area contributed by atoms with Crippen LogP contribution in [0.25, 0.3) is 10.9 Å². The van der Waals surface area contributed by atoms with E-state index in [9.17, 15) is 14.4 Å². The topological polar surface area (TPSA) is 88.6 Å². The number of pyridine rings is 1. The molecule has 30 heavy (non-hydrogen) atoms. The quantitative estimate of drug-likeness (QED) is 0.535. The van der Waals surface area contributed by atoms with E-state index in [4.69, 9.17) is 4.74 Å². The van der Waals surface area contributed by atoms with Gasteiger partial charge in [0.1, 0.15) is 11.3 Å². The summed E-state index contributed by atoms with van der Waals surface area (Å²) < 4.78 is 5.81. The lowest BCUT2D eigenvalue weighted by atomic mass is 9.81. The molecule has 3 amide bonds. The number of hydrogen-bond donors (Lipinski definition) is 1. The zero-order valence-electron chi connectivity index (χ0n) is 17.0. The second kappa shape index (κ2) is 9.24. The summed E-state index contributed by atoms with van der Waals surface area (Å²) in [5, 5.41) is 3.86. The average Bonchev–Trinajstić information content (AvgIpc) is 3.02. The SMILES string of the molecule is O=C(CCN1C(=O)C2CCCCC2C1=O)NCCCOc1cccc2cccnc12. The van der Waals surface area contributed by atoms with Crippen LogP contribution in [-0.2, 0) is 14.4 Å². The first kappa shape index (κ1) is 20.3. The average molecular weight is 409 g/mol. The van der Waals surface area contributed by atoms with Crippen LogP contribution < -0.4 is 10.1 Å². The lowest BCUT2D eigenvalue weighted by molar-refractivity contribution is -0.140.